The minimum atomic E-state index is -0.147. The second-order valence-electron chi connectivity index (χ2n) is 3.21. The lowest BCUT2D eigenvalue weighted by Crippen LogP contribution is -2.25. The first kappa shape index (κ1) is 9.73. The maximum atomic E-state index is 11.8. The third-order valence-electron chi connectivity index (χ3n) is 2.36. The van der Waals surface area contributed by atoms with Crippen LogP contribution in [0.15, 0.2) is 36.7 Å². The van der Waals surface area contributed by atoms with Crippen LogP contribution in [0.4, 0.5) is 0 Å². The van der Waals surface area contributed by atoms with Gasteiger partial charge in [-0.2, -0.15) is 0 Å². The van der Waals surface area contributed by atoms with E-state index >= 15 is 0 Å². The second kappa shape index (κ2) is 3.74. The molecule has 2 rings (SSSR count). The van der Waals surface area contributed by atoms with E-state index in [1.807, 2.05) is 35.0 Å². The Morgan fingerprint density at radius 2 is 2.13 bits per heavy atom. The van der Waals surface area contributed by atoms with Crippen molar-refractivity contribution < 1.29 is 9.63 Å². The Hall–Kier alpha value is -1.81. The summed E-state index contributed by atoms with van der Waals surface area (Å²) < 4.78 is 1.90. The van der Waals surface area contributed by atoms with Gasteiger partial charge in [0.2, 0.25) is 0 Å². The molecular weight excluding hydrogens is 192 g/mol. The molecule has 2 aromatic heterocycles. The lowest BCUT2D eigenvalue weighted by atomic mass is 10.2. The second-order valence-corrected chi connectivity index (χ2v) is 3.21. The molecule has 0 aliphatic heterocycles. The van der Waals surface area contributed by atoms with E-state index in [9.17, 15) is 4.79 Å². The topological polar surface area (TPSA) is 34.0 Å². The highest BCUT2D eigenvalue weighted by Crippen LogP contribution is 2.13. The van der Waals surface area contributed by atoms with Gasteiger partial charge in [-0.1, -0.05) is 6.07 Å². The fourth-order valence-electron chi connectivity index (χ4n) is 1.49. The number of amides is 1. The molecule has 0 saturated carbocycles. The fourth-order valence-corrected chi connectivity index (χ4v) is 1.49. The first-order valence-corrected chi connectivity index (χ1v) is 4.62. The summed E-state index contributed by atoms with van der Waals surface area (Å²) in [4.78, 5) is 16.7. The minimum Gasteiger partial charge on any atom is -0.323 e. The molecule has 0 spiro atoms. The molecular formula is C11H12N2O2. The molecule has 0 aliphatic rings. The maximum Gasteiger partial charge on any atom is 0.279 e. The summed E-state index contributed by atoms with van der Waals surface area (Å²) in [5.41, 5.74) is 1.52. The van der Waals surface area contributed by atoms with E-state index in [1.165, 1.54) is 12.2 Å². The zero-order valence-corrected chi connectivity index (χ0v) is 8.68. The Morgan fingerprint density at radius 3 is 2.87 bits per heavy atom. The zero-order chi connectivity index (χ0) is 10.8. The number of carbonyl (C=O) groups is 1. The van der Waals surface area contributed by atoms with Gasteiger partial charge in [-0.05, 0) is 18.2 Å². The van der Waals surface area contributed by atoms with Crippen LogP contribution in [-0.2, 0) is 4.84 Å². The quantitative estimate of drug-likeness (QED) is 0.696. The van der Waals surface area contributed by atoms with Gasteiger partial charge in [0, 0.05) is 19.4 Å². The Labute approximate surface area is 87.6 Å². The van der Waals surface area contributed by atoms with Crippen molar-refractivity contribution in [2.75, 3.05) is 14.2 Å². The van der Waals surface area contributed by atoms with Crippen molar-refractivity contribution in [3.05, 3.63) is 42.2 Å². The molecule has 0 unspecified atom stereocenters. The van der Waals surface area contributed by atoms with Gasteiger partial charge in [-0.25, -0.2) is 5.06 Å². The molecule has 0 fully saturated rings. The van der Waals surface area contributed by atoms with Crippen molar-refractivity contribution in [1.29, 1.82) is 0 Å². The summed E-state index contributed by atoms with van der Waals surface area (Å²) >= 11 is 0. The van der Waals surface area contributed by atoms with Crippen LogP contribution in [0.3, 0.4) is 0 Å². The Bertz CT molecular complexity index is 490. The van der Waals surface area contributed by atoms with Crippen molar-refractivity contribution in [3.63, 3.8) is 0 Å². The van der Waals surface area contributed by atoms with Crippen LogP contribution < -0.4 is 0 Å². The van der Waals surface area contributed by atoms with Gasteiger partial charge in [0.1, 0.15) is 0 Å². The predicted molar refractivity (Wildman–Crippen MR) is 56.5 cm³/mol. The molecule has 1 amide bonds. The number of fused-ring (bicyclic) bond motifs is 1. The van der Waals surface area contributed by atoms with Crippen LogP contribution in [0.25, 0.3) is 5.52 Å². The molecule has 15 heavy (non-hydrogen) atoms. The number of hydrogen-bond donors (Lipinski definition) is 0. The number of hydrogen-bond acceptors (Lipinski definition) is 2. The minimum absolute atomic E-state index is 0.147. The Morgan fingerprint density at radius 1 is 1.33 bits per heavy atom. The van der Waals surface area contributed by atoms with Crippen LogP contribution in [0.2, 0.25) is 0 Å². The van der Waals surface area contributed by atoms with Crippen molar-refractivity contribution in [3.8, 4) is 0 Å². The van der Waals surface area contributed by atoms with Gasteiger partial charge < -0.3 is 4.40 Å². The molecule has 0 saturated heterocycles. The number of hydroxylamine groups is 2. The first-order valence-electron chi connectivity index (χ1n) is 4.62. The molecule has 0 radical (unpaired) electrons. The normalized spacial score (nSPS) is 10.5. The van der Waals surface area contributed by atoms with Crippen LogP contribution in [0.1, 0.15) is 10.4 Å². The van der Waals surface area contributed by atoms with E-state index in [2.05, 4.69) is 0 Å². The molecule has 0 N–H and O–H groups in total. The molecule has 0 aliphatic carbocycles. The van der Waals surface area contributed by atoms with Gasteiger partial charge in [-0.15, -0.1) is 0 Å². The number of pyridine rings is 1. The average Bonchev–Trinajstić information content (AvgIpc) is 2.70. The monoisotopic (exact) mass is 204 g/mol. The van der Waals surface area contributed by atoms with Gasteiger partial charge >= 0.3 is 0 Å². The van der Waals surface area contributed by atoms with Gasteiger partial charge in [0.15, 0.2) is 0 Å². The highest BCUT2D eigenvalue weighted by Gasteiger charge is 2.14. The molecule has 4 nitrogen and oxygen atoms in total. The number of rotatable bonds is 2. The molecule has 2 heterocycles. The molecule has 0 bridgehead atoms. The van der Waals surface area contributed by atoms with E-state index < -0.39 is 0 Å². The fraction of sp³-hybridized carbons (Fsp3) is 0.182. The molecule has 0 aromatic carbocycles. The predicted octanol–water partition coefficient (Wildman–Crippen LogP) is 1.57. The van der Waals surface area contributed by atoms with E-state index in [0.29, 0.717) is 5.56 Å². The maximum absolute atomic E-state index is 11.8. The van der Waals surface area contributed by atoms with Crippen LogP contribution in [-0.4, -0.2) is 29.5 Å². The summed E-state index contributed by atoms with van der Waals surface area (Å²) in [7, 11) is 3.06. The smallest absolute Gasteiger partial charge is 0.279 e. The van der Waals surface area contributed by atoms with E-state index in [1.54, 1.807) is 13.1 Å². The third-order valence-corrected chi connectivity index (χ3v) is 2.36. The van der Waals surface area contributed by atoms with Crippen LogP contribution >= 0.6 is 0 Å². The molecule has 4 heteroatoms. The van der Waals surface area contributed by atoms with Crippen molar-refractivity contribution in [2.24, 2.45) is 0 Å². The average molecular weight is 204 g/mol. The van der Waals surface area contributed by atoms with Gasteiger partial charge in [-0.3, -0.25) is 9.63 Å². The van der Waals surface area contributed by atoms with Gasteiger partial charge in [0.25, 0.3) is 5.91 Å². The number of carbonyl (C=O) groups excluding carboxylic acids is 1. The molecule has 0 atom stereocenters. The van der Waals surface area contributed by atoms with E-state index in [-0.39, 0.29) is 5.91 Å². The van der Waals surface area contributed by atoms with E-state index in [4.69, 9.17) is 4.84 Å². The van der Waals surface area contributed by atoms with Crippen molar-refractivity contribution in [2.45, 2.75) is 0 Å². The number of nitrogens with zero attached hydrogens (tertiary/aromatic N) is 2. The lowest BCUT2D eigenvalue weighted by molar-refractivity contribution is -0.0755. The van der Waals surface area contributed by atoms with E-state index in [0.717, 1.165) is 5.52 Å². The number of aromatic nitrogens is 1. The standard InChI is InChI=1S/C11H12N2O2/c1-12(15-2)11(14)9-6-8-13-7-4-3-5-10(9)13/h3-8H,1-2H3. The Balaban J connectivity index is 2.48. The van der Waals surface area contributed by atoms with Crippen molar-refractivity contribution >= 4 is 11.4 Å². The summed E-state index contributed by atoms with van der Waals surface area (Å²) in [6.07, 6.45) is 3.75. The summed E-state index contributed by atoms with van der Waals surface area (Å²) in [5, 5.41) is 1.21. The summed E-state index contributed by atoms with van der Waals surface area (Å²) in [6.45, 7) is 0. The summed E-state index contributed by atoms with van der Waals surface area (Å²) in [6, 6.07) is 7.50. The lowest BCUT2D eigenvalue weighted by Gasteiger charge is -2.12. The highest BCUT2D eigenvalue weighted by molar-refractivity contribution is 6.00. The third kappa shape index (κ3) is 1.59. The first-order chi connectivity index (χ1) is 7.24. The van der Waals surface area contributed by atoms with Gasteiger partial charge in [0.05, 0.1) is 18.2 Å². The largest absolute Gasteiger partial charge is 0.323 e. The highest BCUT2D eigenvalue weighted by atomic mass is 16.7. The zero-order valence-electron chi connectivity index (χ0n) is 8.68. The van der Waals surface area contributed by atoms with Crippen molar-refractivity contribution in [1.82, 2.24) is 9.46 Å². The Kier molecular flexibility index (Phi) is 2.43. The SMILES string of the molecule is CON(C)C(=O)c1ccn2ccccc12. The van der Waals surface area contributed by atoms with Crippen LogP contribution in [0.5, 0.6) is 0 Å². The molecule has 78 valence electrons. The van der Waals surface area contributed by atoms with Crippen LogP contribution in [0, 0.1) is 0 Å². The molecule has 2 aromatic rings. The summed E-state index contributed by atoms with van der Waals surface area (Å²) in [5.74, 6) is -0.147.